The molecule has 0 bridgehead atoms. The van der Waals surface area contributed by atoms with Gasteiger partial charge in [-0.1, -0.05) is 13.3 Å². The summed E-state index contributed by atoms with van der Waals surface area (Å²) >= 11 is 0. The van der Waals surface area contributed by atoms with Gasteiger partial charge in [0.05, 0.1) is 23.8 Å². The number of ether oxygens (including phenoxy) is 1. The van der Waals surface area contributed by atoms with Gasteiger partial charge in [-0.2, -0.15) is 5.26 Å². The van der Waals surface area contributed by atoms with Crippen molar-refractivity contribution in [3.63, 3.8) is 0 Å². The van der Waals surface area contributed by atoms with Crippen molar-refractivity contribution in [1.82, 2.24) is 0 Å². The highest BCUT2D eigenvalue weighted by molar-refractivity contribution is 5.89. The SMILES string of the molecule is CCCCOC(=O)c1ccc(C#N)cc1. The Kier molecular flexibility index (Phi) is 4.36. The Bertz CT molecular complexity index is 362. The van der Waals surface area contributed by atoms with Crippen LogP contribution >= 0.6 is 0 Å². The molecule has 0 spiro atoms. The summed E-state index contributed by atoms with van der Waals surface area (Å²) in [6.07, 6.45) is 1.88. The van der Waals surface area contributed by atoms with Gasteiger partial charge in [0, 0.05) is 0 Å². The van der Waals surface area contributed by atoms with Crippen LogP contribution in [0.2, 0.25) is 0 Å². The molecule has 0 aliphatic carbocycles. The van der Waals surface area contributed by atoms with E-state index in [1.807, 2.05) is 13.0 Å². The van der Waals surface area contributed by atoms with Crippen LogP contribution in [0.5, 0.6) is 0 Å². The van der Waals surface area contributed by atoms with Crippen LogP contribution in [-0.2, 0) is 4.74 Å². The third-order valence-corrected chi connectivity index (χ3v) is 1.98. The fraction of sp³-hybridized carbons (Fsp3) is 0.333. The number of carbonyl (C=O) groups excluding carboxylic acids is 1. The molecule has 3 heteroatoms. The van der Waals surface area contributed by atoms with Gasteiger partial charge in [0.1, 0.15) is 0 Å². The summed E-state index contributed by atoms with van der Waals surface area (Å²) in [4.78, 5) is 11.4. The predicted octanol–water partition coefficient (Wildman–Crippen LogP) is 2.52. The summed E-state index contributed by atoms with van der Waals surface area (Å²) in [7, 11) is 0. The van der Waals surface area contributed by atoms with Crippen molar-refractivity contribution in [1.29, 1.82) is 5.26 Å². The first kappa shape index (κ1) is 11.3. The molecule has 0 saturated carbocycles. The summed E-state index contributed by atoms with van der Waals surface area (Å²) in [5.74, 6) is -0.326. The molecular weight excluding hydrogens is 190 g/mol. The van der Waals surface area contributed by atoms with Crippen molar-refractivity contribution in [3.05, 3.63) is 35.4 Å². The van der Waals surface area contributed by atoms with Crippen LogP contribution in [0.15, 0.2) is 24.3 Å². The molecule has 0 fully saturated rings. The van der Waals surface area contributed by atoms with Crippen LogP contribution in [0.4, 0.5) is 0 Å². The zero-order chi connectivity index (χ0) is 11.1. The molecule has 1 rings (SSSR count). The molecule has 0 amide bonds. The topological polar surface area (TPSA) is 50.1 Å². The molecule has 0 aromatic heterocycles. The van der Waals surface area contributed by atoms with E-state index in [9.17, 15) is 4.79 Å². The number of nitriles is 1. The Morgan fingerprint density at radius 1 is 1.40 bits per heavy atom. The molecular formula is C12H13NO2. The number of unbranched alkanes of at least 4 members (excludes halogenated alkanes) is 1. The van der Waals surface area contributed by atoms with E-state index in [0.717, 1.165) is 12.8 Å². The smallest absolute Gasteiger partial charge is 0.338 e. The summed E-state index contributed by atoms with van der Waals surface area (Å²) in [5, 5.41) is 8.57. The van der Waals surface area contributed by atoms with E-state index < -0.39 is 0 Å². The maximum absolute atomic E-state index is 11.4. The molecule has 3 nitrogen and oxygen atoms in total. The summed E-state index contributed by atoms with van der Waals surface area (Å²) in [6, 6.07) is 8.42. The third-order valence-electron chi connectivity index (χ3n) is 1.98. The lowest BCUT2D eigenvalue weighted by molar-refractivity contribution is 0.0500. The maximum Gasteiger partial charge on any atom is 0.338 e. The van der Waals surface area contributed by atoms with Gasteiger partial charge in [-0.15, -0.1) is 0 Å². The standard InChI is InChI=1S/C12H13NO2/c1-2-3-8-15-12(14)11-6-4-10(9-13)5-7-11/h4-7H,2-3,8H2,1H3. The van der Waals surface area contributed by atoms with E-state index in [1.165, 1.54) is 0 Å². The number of hydrogen-bond acceptors (Lipinski definition) is 3. The van der Waals surface area contributed by atoms with Gasteiger partial charge in [0.15, 0.2) is 0 Å². The van der Waals surface area contributed by atoms with Crippen molar-refractivity contribution in [2.24, 2.45) is 0 Å². The van der Waals surface area contributed by atoms with E-state index in [-0.39, 0.29) is 5.97 Å². The van der Waals surface area contributed by atoms with E-state index >= 15 is 0 Å². The van der Waals surface area contributed by atoms with Crippen LogP contribution in [0, 0.1) is 11.3 Å². The maximum atomic E-state index is 11.4. The Morgan fingerprint density at radius 3 is 2.60 bits per heavy atom. The highest BCUT2D eigenvalue weighted by atomic mass is 16.5. The summed E-state index contributed by atoms with van der Waals surface area (Å²) in [6.45, 7) is 2.49. The zero-order valence-electron chi connectivity index (χ0n) is 8.69. The van der Waals surface area contributed by atoms with Crippen LogP contribution < -0.4 is 0 Å². The van der Waals surface area contributed by atoms with Crippen LogP contribution in [0.3, 0.4) is 0 Å². The minimum atomic E-state index is -0.326. The van der Waals surface area contributed by atoms with Gasteiger partial charge >= 0.3 is 5.97 Å². The first-order valence-electron chi connectivity index (χ1n) is 4.95. The largest absolute Gasteiger partial charge is 0.462 e. The molecule has 0 aliphatic heterocycles. The van der Waals surface area contributed by atoms with Gasteiger partial charge in [-0.05, 0) is 30.7 Å². The van der Waals surface area contributed by atoms with Crippen molar-refractivity contribution in [3.8, 4) is 6.07 Å². The highest BCUT2D eigenvalue weighted by Gasteiger charge is 2.05. The Hall–Kier alpha value is -1.82. The predicted molar refractivity (Wildman–Crippen MR) is 56.3 cm³/mol. The third kappa shape index (κ3) is 3.43. The van der Waals surface area contributed by atoms with E-state index in [0.29, 0.717) is 17.7 Å². The molecule has 1 aromatic rings. The van der Waals surface area contributed by atoms with Crippen LogP contribution in [0.1, 0.15) is 35.7 Å². The number of esters is 1. The van der Waals surface area contributed by atoms with Crippen molar-refractivity contribution < 1.29 is 9.53 Å². The number of benzene rings is 1. The number of hydrogen-bond donors (Lipinski definition) is 0. The molecule has 0 aliphatic rings. The number of carbonyl (C=O) groups is 1. The lowest BCUT2D eigenvalue weighted by Gasteiger charge is -2.03. The fourth-order valence-electron chi connectivity index (χ4n) is 1.07. The van der Waals surface area contributed by atoms with Gasteiger partial charge in [0.2, 0.25) is 0 Å². The molecule has 0 saturated heterocycles. The van der Waals surface area contributed by atoms with Crippen molar-refractivity contribution in [2.45, 2.75) is 19.8 Å². The lowest BCUT2D eigenvalue weighted by atomic mass is 10.1. The van der Waals surface area contributed by atoms with E-state index in [2.05, 4.69) is 0 Å². The van der Waals surface area contributed by atoms with Gasteiger partial charge in [-0.25, -0.2) is 4.79 Å². The molecule has 1 aromatic carbocycles. The quantitative estimate of drug-likeness (QED) is 0.558. The number of rotatable bonds is 4. The zero-order valence-corrected chi connectivity index (χ0v) is 8.69. The van der Waals surface area contributed by atoms with Crippen LogP contribution in [0.25, 0.3) is 0 Å². The van der Waals surface area contributed by atoms with Crippen LogP contribution in [-0.4, -0.2) is 12.6 Å². The molecule has 0 radical (unpaired) electrons. The first-order valence-corrected chi connectivity index (χ1v) is 4.95. The minimum Gasteiger partial charge on any atom is -0.462 e. The van der Waals surface area contributed by atoms with E-state index in [1.54, 1.807) is 24.3 Å². The van der Waals surface area contributed by atoms with Gasteiger partial charge in [-0.3, -0.25) is 0 Å². The highest BCUT2D eigenvalue weighted by Crippen LogP contribution is 2.05. The van der Waals surface area contributed by atoms with Gasteiger partial charge < -0.3 is 4.74 Å². The normalized spacial score (nSPS) is 9.33. The second-order valence-corrected chi connectivity index (χ2v) is 3.18. The Balaban J connectivity index is 2.55. The van der Waals surface area contributed by atoms with Gasteiger partial charge in [0.25, 0.3) is 0 Å². The molecule has 78 valence electrons. The van der Waals surface area contributed by atoms with E-state index in [4.69, 9.17) is 10.00 Å². The average molecular weight is 203 g/mol. The Labute approximate surface area is 89.3 Å². The average Bonchev–Trinajstić information content (AvgIpc) is 2.29. The molecule has 0 unspecified atom stereocenters. The first-order chi connectivity index (χ1) is 7.27. The minimum absolute atomic E-state index is 0.326. The second kappa shape index (κ2) is 5.82. The van der Waals surface area contributed by atoms with Crippen molar-refractivity contribution >= 4 is 5.97 Å². The Morgan fingerprint density at radius 2 is 2.07 bits per heavy atom. The molecule has 0 heterocycles. The summed E-state index contributed by atoms with van der Waals surface area (Å²) < 4.78 is 5.02. The summed E-state index contributed by atoms with van der Waals surface area (Å²) in [5.41, 5.74) is 1.03. The molecule has 0 atom stereocenters. The van der Waals surface area contributed by atoms with Crippen molar-refractivity contribution in [2.75, 3.05) is 6.61 Å². The number of nitrogens with zero attached hydrogens (tertiary/aromatic N) is 1. The second-order valence-electron chi connectivity index (χ2n) is 3.18. The fourth-order valence-corrected chi connectivity index (χ4v) is 1.07. The monoisotopic (exact) mass is 203 g/mol. The lowest BCUT2D eigenvalue weighted by Crippen LogP contribution is -2.06. The molecule has 15 heavy (non-hydrogen) atoms. The molecule has 0 N–H and O–H groups in total.